The van der Waals surface area contributed by atoms with E-state index in [1.807, 2.05) is 4.90 Å². The molecule has 0 spiro atoms. The van der Waals surface area contributed by atoms with Crippen molar-refractivity contribution < 1.29 is 23.0 Å². The van der Waals surface area contributed by atoms with Crippen LogP contribution < -0.4 is 16.0 Å². The molecule has 1 aliphatic rings. The molecule has 3 N–H and O–H groups in total. The lowest BCUT2D eigenvalue weighted by Crippen LogP contribution is -2.51. The first-order valence-electron chi connectivity index (χ1n) is 12.3. The number of hydrogen-bond donors (Lipinski definition) is 2. The number of hydrogen-bond acceptors (Lipinski definition) is 10. The number of carbonyl (C=O) groups excluding carboxylic acids is 2. The van der Waals surface area contributed by atoms with Gasteiger partial charge in [0.25, 0.3) is 5.91 Å². The third-order valence-electron chi connectivity index (χ3n) is 6.41. The van der Waals surface area contributed by atoms with Crippen LogP contribution in [0.1, 0.15) is 16.1 Å². The summed E-state index contributed by atoms with van der Waals surface area (Å²) in [5.74, 6) is 0.568. The molecule has 4 aromatic rings. The summed E-state index contributed by atoms with van der Waals surface area (Å²) in [6, 6.07) is 11.4. The molecule has 5 rings (SSSR count). The summed E-state index contributed by atoms with van der Waals surface area (Å²) >= 11 is 0. The molecule has 0 saturated carbocycles. The summed E-state index contributed by atoms with van der Waals surface area (Å²) in [6.07, 6.45) is 2.84. The zero-order valence-corrected chi connectivity index (χ0v) is 21.2. The van der Waals surface area contributed by atoms with Crippen LogP contribution in [-0.2, 0) is 11.3 Å². The molecule has 3 aromatic heterocycles. The third-order valence-corrected chi connectivity index (χ3v) is 6.41. The van der Waals surface area contributed by atoms with E-state index in [1.54, 1.807) is 42.3 Å². The van der Waals surface area contributed by atoms with E-state index in [9.17, 15) is 9.59 Å². The number of amides is 2. The summed E-state index contributed by atoms with van der Waals surface area (Å²) in [5.41, 5.74) is 7.47. The van der Waals surface area contributed by atoms with Crippen molar-refractivity contribution in [1.29, 1.82) is 0 Å². The van der Waals surface area contributed by atoms with E-state index < -0.39 is 0 Å². The molecule has 4 heterocycles. The van der Waals surface area contributed by atoms with Crippen LogP contribution in [0, 0.1) is 5.82 Å². The Labute approximate surface area is 223 Å². The number of aromatic nitrogens is 3. The second kappa shape index (κ2) is 11.2. The molecule has 2 amide bonds. The topological polar surface area (TPSA) is 147 Å². The predicted octanol–water partition coefficient (Wildman–Crippen LogP) is 2.48. The smallest absolute Gasteiger partial charge is 0.255 e. The van der Waals surface area contributed by atoms with Gasteiger partial charge in [0, 0.05) is 57.1 Å². The highest BCUT2D eigenvalue weighted by Gasteiger charge is 2.25. The molecule has 0 aliphatic carbocycles. The highest BCUT2D eigenvalue weighted by atomic mass is 19.1. The average molecular weight is 535 g/mol. The lowest BCUT2D eigenvalue weighted by Gasteiger charge is -2.36. The Morgan fingerprint density at radius 2 is 1.92 bits per heavy atom. The van der Waals surface area contributed by atoms with Gasteiger partial charge in [0.05, 0.1) is 24.3 Å². The number of anilines is 3. The molecule has 0 atom stereocenters. The van der Waals surface area contributed by atoms with Gasteiger partial charge in [-0.25, -0.2) is 9.37 Å². The van der Waals surface area contributed by atoms with Crippen molar-refractivity contribution in [1.82, 2.24) is 25.1 Å². The second-order valence-corrected chi connectivity index (χ2v) is 9.08. The number of nitrogens with two attached hydrogens (primary N) is 1. The zero-order valence-electron chi connectivity index (χ0n) is 21.2. The molecule has 39 heavy (non-hydrogen) atoms. The van der Waals surface area contributed by atoms with Gasteiger partial charge < -0.3 is 34.8 Å². The largest absolute Gasteiger partial charge is 0.384 e. The number of piperazine rings is 1. The van der Waals surface area contributed by atoms with Gasteiger partial charge in [-0.2, -0.15) is 0 Å². The molecule has 202 valence electrons. The number of carbonyl (C=O) groups is 2. The number of likely N-dealkylation sites (N-methyl/N-ethyl adjacent to an activating group) is 1. The van der Waals surface area contributed by atoms with Gasteiger partial charge in [-0.3, -0.25) is 9.59 Å². The normalized spacial score (nSPS) is 13.4. The van der Waals surface area contributed by atoms with E-state index in [0.717, 1.165) is 0 Å². The first-order valence-corrected chi connectivity index (χ1v) is 12.3. The number of rotatable bonds is 8. The first-order chi connectivity index (χ1) is 18.9. The molecular weight excluding hydrogens is 507 g/mol. The van der Waals surface area contributed by atoms with Crippen molar-refractivity contribution in [2.75, 3.05) is 55.7 Å². The van der Waals surface area contributed by atoms with Crippen LogP contribution in [0.25, 0.3) is 11.3 Å². The highest BCUT2D eigenvalue weighted by molar-refractivity contribution is 5.96. The summed E-state index contributed by atoms with van der Waals surface area (Å²) < 4.78 is 25.2. The summed E-state index contributed by atoms with van der Waals surface area (Å²) in [6.45, 7) is 2.03. The van der Waals surface area contributed by atoms with Crippen LogP contribution in [0.3, 0.4) is 0 Å². The maximum absolute atomic E-state index is 15.1. The van der Waals surface area contributed by atoms with Gasteiger partial charge >= 0.3 is 0 Å². The minimum Gasteiger partial charge on any atom is -0.384 e. The summed E-state index contributed by atoms with van der Waals surface area (Å²) in [5, 5.41) is 10.8. The molecule has 1 aliphatic heterocycles. The fraction of sp³-hybridized carbons (Fsp3) is 0.269. The van der Waals surface area contributed by atoms with Gasteiger partial charge in [0.1, 0.15) is 23.6 Å². The zero-order chi connectivity index (χ0) is 27.4. The quantitative estimate of drug-likeness (QED) is 0.346. The number of nitrogens with zero attached hydrogens (tertiary/aromatic N) is 6. The molecule has 13 heteroatoms. The SMILES string of the molecule is CN(CC(=O)N1CCN(c2ccc(-c3cc(CNc4ccon4)on3)cc2F)CC1)C(=O)c1ccc(N)nc1. The van der Waals surface area contributed by atoms with Gasteiger partial charge in [0.15, 0.2) is 11.6 Å². The number of halogens is 1. The van der Waals surface area contributed by atoms with E-state index in [0.29, 0.717) is 72.6 Å². The lowest BCUT2D eigenvalue weighted by atomic mass is 10.1. The maximum atomic E-state index is 15.1. The second-order valence-electron chi connectivity index (χ2n) is 9.08. The van der Waals surface area contributed by atoms with Gasteiger partial charge in [-0.1, -0.05) is 16.4 Å². The van der Waals surface area contributed by atoms with Crippen molar-refractivity contribution in [3.63, 3.8) is 0 Å². The maximum Gasteiger partial charge on any atom is 0.255 e. The number of benzene rings is 1. The summed E-state index contributed by atoms with van der Waals surface area (Å²) in [4.78, 5) is 34.2. The minimum absolute atomic E-state index is 0.0694. The highest BCUT2D eigenvalue weighted by Crippen LogP contribution is 2.27. The van der Waals surface area contributed by atoms with Crippen LogP contribution in [0.5, 0.6) is 0 Å². The Balaban J connectivity index is 1.14. The van der Waals surface area contributed by atoms with Gasteiger partial charge in [-0.05, 0) is 24.3 Å². The molecule has 0 bridgehead atoms. The van der Waals surface area contributed by atoms with E-state index in [-0.39, 0.29) is 24.2 Å². The molecular formula is C26H27FN8O4. The number of nitrogen functional groups attached to an aromatic ring is 1. The average Bonchev–Trinajstić information content (AvgIpc) is 3.64. The van der Waals surface area contributed by atoms with E-state index in [4.69, 9.17) is 14.8 Å². The Bertz CT molecular complexity index is 1430. The Kier molecular flexibility index (Phi) is 7.39. The number of nitrogens with one attached hydrogen (secondary N) is 1. The van der Waals surface area contributed by atoms with Crippen molar-refractivity contribution in [3.05, 3.63) is 72.1 Å². The van der Waals surface area contributed by atoms with Crippen LogP contribution in [0.2, 0.25) is 0 Å². The number of pyridine rings is 1. The molecule has 12 nitrogen and oxygen atoms in total. The Morgan fingerprint density at radius 3 is 2.62 bits per heavy atom. The van der Waals surface area contributed by atoms with Crippen LogP contribution in [0.4, 0.5) is 21.7 Å². The van der Waals surface area contributed by atoms with Gasteiger partial charge in [0.2, 0.25) is 5.91 Å². The van der Waals surface area contributed by atoms with Crippen molar-refractivity contribution in [2.24, 2.45) is 0 Å². The standard InChI is InChI=1S/C26H27FN8O4/c1-33(26(37)18-3-5-23(28)29-14-18)16-25(36)35-9-7-34(8-10-35)22-4-2-17(12-20(22)27)21-13-19(39-31-21)15-30-24-6-11-38-32-24/h2-6,11-14H,7-10,15-16H2,1H3,(H2,28,29)(H,30,32). The van der Waals surface area contributed by atoms with Crippen LogP contribution in [0.15, 0.2) is 64.0 Å². The van der Waals surface area contributed by atoms with E-state index in [1.165, 1.54) is 29.5 Å². The molecule has 0 unspecified atom stereocenters. The van der Waals surface area contributed by atoms with Crippen molar-refractivity contribution in [3.8, 4) is 11.3 Å². The fourth-order valence-electron chi connectivity index (χ4n) is 4.26. The van der Waals surface area contributed by atoms with E-state index in [2.05, 4.69) is 20.6 Å². The van der Waals surface area contributed by atoms with Gasteiger partial charge in [-0.15, -0.1) is 0 Å². The predicted molar refractivity (Wildman–Crippen MR) is 140 cm³/mol. The van der Waals surface area contributed by atoms with Crippen molar-refractivity contribution in [2.45, 2.75) is 6.54 Å². The third kappa shape index (κ3) is 5.98. The fourth-order valence-corrected chi connectivity index (χ4v) is 4.26. The Morgan fingerprint density at radius 1 is 1.10 bits per heavy atom. The molecule has 1 fully saturated rings. The molecule has 0 radical (unpaired) electrons. The Hall–Kier alpha value is -4.94. The first kappa shape index (κ1) is 25.7. The van der Waals surface area contributed by atoms with Crippen LogP contribution >= 0.6 is 0 Å². The lowest BCUT2D eigenvalue weighted by molar-refractivity contribution is -0.131. The van der Waals surface area contributed by atoms with Crippen LogP contribution in [-0.4, -0.2) is 76.7 Å². The van der Waals surface area contributed by atoms with E-state index >= 15 is 4.39 Å². The monoisotopic (exact) mass is 534 g/mol. The molecule has 1 saturated heterocycles. The molecule has 1 aromatic carbocycles. The summed E-state index contributed by atoms with van der Waals surface area (Å²) in [7, 11) is 1.56. The van der Waals surface area contributed by atoms with Crippen molar-refractivity contribution >= 4 is 29.1 Å². The minimum atomic E-state index is -0.389.